The van der Waals surface area contributed by atoms with Crippen molar-refractivity contribution in [1.82, 2.24) is 4.31 Å². The van der Waals surface area contributed by atoms with Crippen LogP contribution in [0, 0.1) is 12.8 Å². The number of fused-ring (bicyclic) bond motifs is 1. The first-order chi connectivity index (χ1) is 15.8. The third-order valence-electron chi connectivity index (χ3n) is 6.42. The van der Waals surface area contributed by atoms with Gasteiger partial charge >= 0.3 is 0 Å². The standard InChI is InChI=1S/C25H20BrClN2O3S/c1-16-5-8-22(9-6-16)33(31,32)29-14-19-13-25(19,18-3-2-4-21(27)12-18)24(29)28-23-10-7-20(26)11-17(23)15-30/h2-12,15,19H,13-14H2,1H3/t19-,25+/m0/s1. The zero-order valence-electron chi connectivity index (χ0n) is 17.7. The van der Waals surface area contributed by atoms with Gasteiger partial charge in [-0.1, -0.05) is 57.4 Å². The van der Waals surface area contributed by atoms with Crippen molar-refractivity contribution in [3.63, 3.8) is 0 Å². The number of aliphatic imine (C=N–C) groups is 1. The van der Waals surface area contributed by atoms with Gasteiger partial charge < -0.3 is 0 Å². The number of benzene rings is 3. The molecule has 33 heavy (non-hydrogen) atoms. The van der Waals surface area contributed by atoms with Crippen molar-refractivity contribution in [3.05, 3.63) is 92.9 Å². The molecule has 2 fully saturated rings. The molecule has 0 unspecified atom stereocenters. The van der Waals surface area contributed by atoms with E-state index in [0.717, 1.165) is 28.3 Å². The predicted octanol–water partition coefficient (Wildman–Crippen LogP) is 5.92. The van der Waals surface area contributed by atoms with Crippen LogP contribution in [-0.4, -0.2) is 31.4 Å². The fourth-order valence-electron chi connectivity index (χ4n) is 4.62. The molecule has 8 heteroatoms. The molecule has 0 radical (unpaired) electrons. The summed E-state index contributed by atoms with van der Waals surface area (Å²) in [6.07, 6.45) is 1.51. The topological polar surface area (TPSA) is 66.8 Å². The van der Waals surface area contributed by atoms with Crippen LogP contribution in [0.5, 0.6) is 0 Å². The molecule has 5 nitrogen and oxygen atoms in total. The van der Waals surface area contributed by atoms with Crippen molar-refractivity contribution in [2.75, 3.05) is 6.54 Å². The lowest BCUT2D eigenvalue weighted by molar-refractivity contribution is 0.112. The Bertz CT molecular complexity index is 1410. The summed E-state index contributed by atoms with van der Waals surface area (Å²) in [7, 11) is -3.84. The summed E-state index contributed by atoms with van der Waals surface area (Å²) in [5.41, 5.74) is 2.17. The van der Waals surface area contributed by atoms with Gasteiger partial charge in [0.1, 0.15) is 5.84 Å². The molecule has 0 aromatic heterocycles. The lowest BCUT2D eigenvalue weighted by Gasteiger charge is -2.26. The highest BCUT2D eigenvalue weighted by atomic mass is 79.9. The number of piperidine rings is 1. The van der Waals surface area contributed by atoms with E-state index in [1.807, 2.05) is 25.1 Å². The summed E-state index contributed by atoms with van der Waals surface area (Å²) >= 11 is 9.67. The summed E-state index contributed by atoms with van der Waals surface area (Å²) in [6.45, 7) is 2.24. The van der Waals surface area contributed by atoms with Crippen LogP contribution >= 0.6 is 27.5 Å². The number of hydrogen-bond acceptors (Lipinski definition) is 4. The molecule has 3 aromatic carbocycles. The van der Waals surface area contributed by atoms with Crippen molar-refractivity contribution >= 4 is 55.4 Å². The monoisotopic (exact) mass is 542 g/mol. The smallest absolute Gasteiger partial charge is 0.265 e. The lowest BCUT2D eigenvalue weighted by atomic mass is 9.93. The highest BCUT2D eigenvalue weighted by molar-refractivity contribution is 9.10. The number of amidine groups is 1. The van der Waals surface area contributed by atoms with Gasteiger partial charge in [0.2, 0.25) is 0 Å². The Labute approximate surface area is 206 Å². The van der Waals surface area contributed by atoms with Crippen molar-refractivity contribution in [1.29, 1.82) is 0 Å². The van der Waals surface area contributed by atoms with E-state index in [1.54, 1.807) is 48.5 Å². The average molecular weight is 544 g/mol. The van der Waals surface area contributed by atoms with E-state index in [1.165, 1.54) is 4.31 Å². The number of aryl methyl sites for hydroxylation is 1. The van der Waals surface area contributed by atoms with Crippen LogP contribution in [0.25, 0.3) is 0 Å². The Hall–Kier alpha value is -2.48. The zero-order valence-corrected chi connectivity index (χ0v) is 20.9. The molecular weight excluding hydrogens is 524 g/mol. The molecule has 1 aliphatic carbocycles. The molecule has 1 saturated heterocycles. The molecule has 0 N–H and O–H groups in total. The summed E-state index contributed by atoms with van der Waals surface area (Å²) in [6, 6.07) is 19.5. The molecule has 5 rings (SSSR count). The predicted molar refractivity (Wildman–Crippen MR) is 133 cm³/mol. The second-order valence-electron chi connectivity index (χ2n) is 8.49. The average Bonchev–Trinajstić information content (AvgIpc) is 3.44. The van der Waals surface area contributed by atoms with Crippen LogP contribution in [0.4, 0.5) is 5.69 Å². The first-order valence-corrected chi connectivity index (χ1v) is 13.1. The van der Waals surface area contributed by atoms with Crippen molar-refractivity contribution in [2.45, 2.75) is 23.7 Å². The fourth-order valence-corrected chi connectivity index (χ4v) is 6.73. The number of halogens is 2. The molecular formula is C25H20BrClN2O3S. The molecule has 0 spiro atoms. The van der Waals surface area contributed by atoms with Crippen molar-refractivity contribution in [3.8, 4) is 0 Å². The van der Waals surface area contributed by atoms with E-state index >= 15 is 0 Å². The number of carbonyl (C=O) groups is 1. The highest BCUT2D eigenvalue weighted by Gasteiger charge is 2.67. The minimum absolute atomic E-state index is 0.0880. The maximum absolute atomic E-state index is 13.7. The maximum atomic E-state index is 13.7. The van der Waals surface area contributed by atoms with E-state index in [4.69, 9.17) is 16.6 Å². The van der Waals surface area contributed by atoms with Gasteiger partial charge in [-0.3, -0.25) is 9.10 Å². The van der Waals surface area contributed by atoms with Crippen LogP contribution in [0.2, 0.25) is 5.02 Å². The maximum Gasteiger partial charge on any atom is 0.265 e. The number of carbonyl (C=O) groups excluding carboxylic acids is 1. The SMILES string of the molecule is Cc1ccc(S(=O)(=O)N2C[C@@H]3C[C@]3(c3cccc(Cl)c3)C2=Nc2ccc(Br)cc2C=O)cc1. The molecule has 1 heterocycles. The van der Waals surface area contributed by atoms with Gasteiger partial charge in [0.25, 0.3) is 10.0 Å². The second-order valence-corrected chi connectivity index (χ2v) is 11.7. The summed E-state index contributed by atoms with van der Waals surface area (Å²) in [4.78, 5) is 16.8. The van der Waals surface area contributed by atoms with Gasteiger partial charge in [0.15, 0.2) is 6.29 Å². The molecule has 168 valence electrons. The number of sulfonamides is 1. The normalized spacial score (nSPS) is 22.9. The Kier molecular flexibility index (Phi) is 5.46. The minimum Gasteiger partial charge on any atom is -0.298 e. The summed E-state index contributed by atoms with van der Waals surface area (Å²) in [5.74, 6) is 0.519. The first-order valence-electron chi connectivity index (χ1n) is 10.4. The van der Waals surface area contributed by atoms with E-state index in [2.05, 4.69) is 15.9 Å². The lowest BCUT2D eigenvalue weighted by Crippen LogP contribution is -2.38. The zero-order chi connectivity index (χ0) is 23.4. The summed E-state index contributed by atoms with van der Waals surface area (Å²) in [5, 5.41) is 0.587. The molecule has 0 amide bonds. The molecule has 2 aliphatic rings. The van der Waals surface area contributed by atoms with Crippen LogP contribution in [0.1, 0.15) is 27.9 Å². The largest absolute Gasteiger partial charge is 0.298 e. The Morgan fingerprint density at radius 3 is 2.58 bits per heavy atom. The molecule has 0 bridgehead atoms. The van der Waals surface area contributed by atoms with Crippen LogP contribution < -0.4 is 0 Å². The van der Waals surface area contributed by atoms with E-state index in [9.17, 15) is 13.2 Å². The molecule has 1 aliphatic heterocycles. The van der Waals surface area contributed by atoms with E-state index in [-0.39, 0.29) is 10.8 Å². The van der Waals surface area contributed by atoms with Crippen molar-refractivity contribution in [2.24, 2.45) is 10.9 Å². The second kappa shape index (κ2) is 8.08. The molecule has 2 atom stereocenters. The molecule has 1 saturated carbocycles. The Morgan fingerprint density at radius 1 is 1.12 bits per heavy atom. The first kappa shape index (κ1) is 22.3. The molecule has 3 aromatic rings. The fraction of sp³-hybridized carbons (Fsp3) is 0.200. The number of aldehydes is 1. The minimum atomic E-state index is -3.84. The third-order valence-corrected chi connectivity index (χ3v) is 8.92. The van der Waals surface area contributed by atoms with E-state index in [0.29, 0.717) is 28.7 Å². The number of rotatable bonds is 5. The third kappa shape index (κ3) is 3.72. The quantitative estimate of drug-likeness (QED) is 0.375. The van der Waals surface area contributed by atoms with Gasteiger partial charge in [-0.15, -0.1) is 0 Å². The van der Waals surface area contributed by atoms with Crippen LogP contribution in [0.15, 0.2) is 81.1 Å². The van der Waals surface area contributed by atoms with E-state index < -0.39 is 15.4 Å². The van der Waals surface area contributed by atoms with Gasteiger partial charge in [-0.25, -0.2) is 13.4 Å². The Morgan fingerprint density at radius 2 is 1.88 bits per heavy atom. The summed E-state index contributed by atoms with van der Waals surface area (Å²) < 4.78 is 29.6. The number of nitrogens with zero attached hydrogens (tertiary/aromatic N) is 2. The Balaban J connectivity index is 1.70. The van der Waals surface area contributed by atoms with Gasteiger partial charge in [0, 0.05) is 21.6 Å². The van der Waals surface area contributed by atoms with Crippen LogP contribution in [-0.2, 0) is 15.4 Å². The van der Waals surface area contributed by atoms with Gasteiger partial charge in [0.05, 0.1) is 16.0 Å². The van der Waals surface area contributed by atoms with Gasteiger partial charge in [-0.05, 0) is 67.3 Å². The highest BCUT2D eigenvalue weighted by Crippen LogP contribution is 2.61. The van der Waals surface area contributed by atoms with Crippen molar-refractivity contribution < 1.29 is 13.2 Å². The van der Waals surface area contributed by atoms with Gasteiger partial charge in [-0.2, -0.15) is 0 Å². The number of hydrogen-bond donors (Lipinski definition) is 0. The van der Waals surface area contributed by atoms with Crippen LogP contribution in [0.3, 0.4) is 0 Å².